The Morgan fingerprint density at radius 3 is 2.25 bits per heavy atom. The molecule has 7 nitrogen and oxygen atoms in total. The Balaban J connectivity index is 0.00000529. The average Bonchev–Trinajstić information content (AvgIpc) is 3.31. The molecule has 0 N–H and O–H groups in total. The van der Waals surface area contributed by atoms with Gasteiger partial charge in [0.25, 0.3) is 0 Å². The fourth-order valence-corrected chi connectivity index (χ4v) is 5.32. The summed E-state index contributed by atoms with van der Waals surface area (Å²) in [6, 6.07) is 10.7. The van der Waals surface area contributed by atoms with Crippen LogP contribution in [0.1, 0.15) is 49.8 Å². The van der Waals surface area contributed by atoms with E-state index in [9.17, 15) is 44.8 Å². The number of aromatic nitrogens is 2. The maximum atomic E-state index is 14.3. The van der Waals surface area contributed by atoms with Gasteiger partial charge in [-0.05, 0) is 48.9 Å². The Morgan fingerprint density at radius 1 is 1.02 bits per heavy atom. The molecule has 234 valence electrons. The fourth-order valence-electron chi connectivity index (χ4n) is 4.56. The van der Waals surface area contributed by atoms with Crippen LogP contribution >= 0.6 is 0 Å². The second-order valence-electron chi connectivity index (χ2n) is 9.71. The molecular formula is C30H28F6N4O3S. The Bertz CT molecular complexity index is 1830. The van der Waals surface area contributed by atoms with Crippen molar-refractivity contribution in [2.75, 3.05) is 18.1 Å². The Hall–Kier alpha value is -4.38. The molecule has 0 spiro atoms. The molecule has 1 atom stereocenters. The average molecular weight is 639 g/mol. The lowest BCUT2D eigenvalue weighted by atomic mass is 10.1. The number of carbonyl (C=O) groups excluding carboxylic acids is 1. The molecular weight excluding hydrogens is 610 g/mol. The molecule has 0 radical (unpaired) electrons. The van der Waals surface area contributed by atoms with E-state index in [0.29, 0.717) is 23.4 Å². The monoisotopic (exact) mass is 638 g/mol. The lowest BCUT2D eigenvalue weighted by Crippen LogP contribution is -2.39. The van der Waals surface area contributed by atoms with Crippen LogP contribution in [0.15, 0.2) is 54.6 Å². The number of imidazole rings is 1. The van der Waals surface area contributed by atoms with Crippen molar-refractivity contribution < 1.29 is 39.6 Å². The second-order valence-corrected chi connectivity index (χ2v) is 12.2. The molecule has 4 rings (SSSR count). The summed E-state index contributed by atoms with van der Waals surface area (Å²) in [5, 5.41) is 9.18. The molecule has 0 unspecified atom stereocenters. The van der Waals surface area contributed by atoms with E-state index in [1.54, 1.807) is 0 Å². The predicted molar refractivity (Wildman–Crippen MR) is 152 cm³/mol. The summed E-state index contributed by atoms with van der Waals surface area (Å²) in [4.78, 5) is 19.1. The molecule has 4 aromatic rings. The van der Waals surface area contributed by atoms with Crippen molar-refractivity contribution in [1.29, 1.82) is 5.26 Å². The van der Waals surface area contributed by atoms with Crippen molar-refractivity contribution >= 4 is 26.8 Å². The normalized spacial score (nSPS) is 12.4. The minimum atomic E-state index is -5.01. The highest BCUT2D eigenvalue weighted by Crippen LogP contribution is 2.33. The van der Waals surface area contributed by atoms with Crippen LogP contribution in [-0.2, 0) is 27.2 Å². The molecule has 0 aliphatic heterocycles. The van der Waals surface area contributed by atoms with Gasteiger partial charge in [-0.25, -0.2) is 26.6 Å². The van der Waals surface area contributed by atoms with Gasteiger partial charge in [0.2, 0.25) is 5.91 Å². The largest absolute Gasteiger partial charge is 0.419 e. The number of halogens is 6. The highest BCUT2D eigenvalue weighted by Gasteiger charge is 2.35. The van der Waals surface area contributed by atoms with Crippen LogP contribution in [0.5, 0.6) is 0 Å². The van der Waals surface area contributed by atoms with E-state index in [2.05, 4.69) is 4.98 Å². The van der Waals surface area contributed by atoms with Gasteiger partial charge in [-0.3, -0.25) is 9.36 Å². The van der Waals surface area contributed by atoms with Crippen LogP contribution in [0.2, 0.25) is 0 Å². The Kier molecular flexibility index (Phi) is 10.1. The molecule has 14 heteroatoms. The zero-order valence-electron chi connectivity index (χ0n) is 22.8. The number of hydrogen-bond acceptors (Lipinski definition) is 5. The maximum absolute atomic E-state index is 14.3. The van der Waals surface area contributed by atoms with Gasteiger partial charge >= 0.3 is 6.18 Å². The van der Waals surface area contributed by atoms with Crippen molar-refractivity contribution in [3.05, 3.63) is 94.6 Å². The van der Waals surface area contributed by atoms with Gasteiger partial charge in [-0.1, -0.05) is 20.4 Å². The number of nitrogens with zero attached hydrogens (tertiary/aromatic N) is 4. The van der Waals surface area contributed by atoms with Crippen molar-refractivity contribution in [2.45, 2.75) is 39.9 Å². The molecule has 0 saturated carbocycles. The topological polar surface area (TPSA) is 96.1 Å². The molecule has 1 aromatic heterocycles. The Labute approximate surface area is 250 Å². The van der Waals surface area contributed by atoms with Crippen LogP contribution in [0.25, 0.3) is 16.7 Å². The number of carbonyl (C=O) groups is 1. The number of benzene rings is 3. The lowest BCUT2D eigenvalue weighted by molar-refractivity contribution is -0.140. The van der Waals surface area contributed by atoms with E-state index < -0.39 is 63.2 Å². The van der Waals surface area contributed by atoms with E-state index in [1.807, 2.05) is 6.07 Å². The van der Waals surface area contributed by atoms with E-state index >= 15 is 0 Å². The predicted octanol–water partition coefficient (Wildman–Crippen LogP) is 6.54. The first-order chi connectivity index (χ1) is 20.1. The molecule has 0 aliphatic rings. The number of rotatable bonds is 9. The van der Waals surface area contributed by atoms with Gasteiger partial charge in [-0.15, -0.1) is 0 Å². The SMILES string of the molecule is C.CCS(=O)(=O)CCN(C(=O)Cc1ccc(F)c(C(F)(F)F)c1)[C@H](C)c1nc2cc(F)c(F)cc2n1-c1ccc(C#N)cc1. The summed E-state index contributed by atoms with van der Waals surface area (Å²) in [6.07, 6.45) is -5.65. The third-order valence-electron chi connectivity index (χ3n) is 6.91. The maximum Gasteiger partial charge on any atom is 0.419 e. The van der Waals surface area contributed by atoms with Gasteiger partial charge in [0, 0.05) is 30.1 Å². The lowest BCUT2D eigenvalue weighted by Gasteiger charge is -2.30. The van der Waals surface area contributed by atoms with Gasteiger partial charge in [-0.2, -0.15) is 18.4 Å². The first kappa shape index (κ1) is 34.1. The van der Waals surface area contributed by atoms with E-state index in [0.717, 1.165) is 23.1 Å². The molecule has 44 heavy (non-hydrogen) atoms. The molecule has 0 aliphatic carbocycles. The third-order valence-corrected chi connectivity index (χ3v) is 8.60. The van der Waals surface area contributed by atoms with Crippen molar-refractivity contribution in [2.24, 2.45) is 0 Å². The molecule has 0 saturated heterocycles. The number of fused-ring (bicyclic) bond motifs is 1. The van der Waals surface area contributed by atoms with Crippen LogP contribution in [0.3, 0.4) is 0 Å². The number of hydrogen-bond donors (Lipinski definition) is 0. The van der Waals surface area contributed by atoms with Crippen molar-refractivity contribution in [1.82, 2.24) is 14.5 Å². The van der Waals surface area contributed by atoms with Crippen molar-refractivity contribution in [3.8, 4) is 11.8 Å². The summed E-state index contributed by atoms with van der Waals surface area (Å²) in [5.41, 5.74) is -0.952. The van der Waals surface area contributed by atoms with Crippen LogP contribution in [-0.4, -0.2) is 46.8 Å². The summed E-state index contributed by atoms with van der Waals surface area (Å²) >= 11 is 0. The number of amides is 1. The van der Waals surface area contributed by atoms with Gasteiger partial charge in [0.05, 0.1) is 46.4 Å². The minimum Gasteiger partial charge on any atom is -0.331 e. The zero-order valence-corrected chi connectivity index (χ0v) is 23.6. The Morgan fingerprint density at radius 2 is 1.66 bits per heavy atom. The summed E-state index contributed by atoms with van der Waals surface area (Å²) < 4.78 is 108. The molecule has 0 bridgehead atoms. The zero-order chi connectivity index (χ0) is 31.7. The number of nitriles is 1. The smallest absolute Gasteiger partial charge is 0.331 e. The fraction of sp³-hybridized carbons (Fsp3) is 0.300. The first-order valence-electron chi connectivity index (χ1n) is 12.9. The standard InChI is InChI=1S/C29H24F6N4O3S.CH4/c1-3-43(41,42)11-10-38(27(40)13-19-6-9-22(30)21(12-19)29(33,34)35)17(2)28-37-25-14-23(31)24(32)15-26(25)39(28)20-7-4-18(16-36)5-8-20;/h4-9,12,14-15,17H,3,10-11,13H2,1-2H3;1H4/t17-;/m1./s1. The highest BCUT2D eigenvalue weighted by atomic mass is 32.2. The van der Waals surface area contributed by atoms with E-state index in [4.69, 9.17) is 0 Å². The second kappa shape index (κ2) is 13.1. The van der Waals surface area contributed by atoms with Crippen LogP contribution in [0.4, 0.5) is 26.3 Å². The summed E-state index contributed by atoms with van der Waals surface area (Å²) in [6.45, 7) is 2.51. The number of sulfone groups is 1. The summed E-state index contributed by atoms with van der Waals surface area (Å²) in [7, 11) is -3.62. The third kappa shape index (κ3) is 7.21. The van der Waals surface area contributed by atoms with Crippen molar-refractivity contribution in [3.63, 3.8) is 0 Å². The van der Waals surface area contributed by atoms with Crippen LogP contribution < -0.4 is 0 Å². The molecule has 0 fully saturated rings. The van der Waals surface area contributed by atoms with Gasteiger partial charge < -0.3 is 4.90 Å². The summed E-state index contributed by atoms with van der Waals surface area (Å²) in [5.74, 6) is -5.35. The van der Waals surface area contributed by atoms with E-state index in [1.165, 1.54) is 42.7 Å². The highest BCUT2D eigenvalue weighted by molar-refractivity contribution is 7.91. The molecule has 3 aromatic carbocycles. The number of alkyl halides is 3. The van der Waals surface area contributed by atoms with E-state index in [-0.39, 0.29) is 42.1 Å². The van der Waals surface area contributed by atoms with Gasteiger partial charge in [0.15, 0.2) is 21.5 Å². The first-order valence-corrected chi connectivity index (χ1v) is 14.7. The minimum absolute atomic E-state index is 0. The molecule has 1 heterocycles. The molecule has 1 amide bonds. The quantitative estimate of drug-likeness (QED) is 0.194. The van der Waals surface area contributed by atoms with Crippen LogP contribution in [0, 0.1) is 28.8 Å². The van der Waals surface area contributed by atoms with Gasteiger partial charge in [0.1, 0.15) is 11.6 Å².